The molecule has 3 rings (SSSR count). The van der Waals surface area contributed by atoms with Crippen LogP contribution in [0.2, 0.25) is 0 Å². The Morgan fingerprint density at radius 2 is 1.66 bits per heavy atom. The zero-order valence-electron chi connectivity index (χ0n) is 16.9. The molecule has 0 atom stereocenters. The topological polar surface area (TPSA) is 78.5 Å². The smallest absolute Gasteiger partial charge is 0.240 e. The Hall–Kier alpha value is -2.38. The standard InChI is InChI=1S/C22H29N3O3S/c1-2-5-22(26)24-19-8-12-21(13-9-19)29(27,28)23-15-14-18-6-10-20(11-7-18)25-16-3-4-17-25/h6-13,23H,2-5,14-17H2,1H3,(H,24,26). The maximum Gasteiger partial charge on any atom is 0.240 e. The van der Waals surface area contributed by atoms with Gasteiger partial charge in [0.2, 0.25) is 15.9 Å². The Morgan fingerprint density at radius 1 is 1.00 bits per heavy atom. The van der Waals surface area contributed by atoms with E-state index < -0.39 is 10.0 Å². The van der Waals surface area contributed by atoms with Gasteiger partial charge in [-0.1, -0.05) is 19.1 Å². The molecule has 2 N–H and O–H groups in total. The number of anilines is 2. The lowest BCUT2D eigenvalue weighted by Crippen LogP contribution is -2.26. The molecule has 0 bridgehead atoms. The van der Waals surface area contributed by atoms with Crippen molar-refractivity contribution in [1.82, 2.24) is 4.72 Å². The molecule has 1 amide bonds. The average Bonchev–Trinajstić information content (AvgIpc) is 3.24. The lowest BCUT2D eigenvalue weighted by molar-refractivity contribution is -0.116. The van der Waals surface area contributed by atoms with Crippen molar-refractivity contribution < 1.29 is 13.2 Å². The Labute approximate surface area is 173 Å². The van der Waals surface area contributed by atoms with Crippen LogP contribution in [0.1, 0.15) is 38.2 Å². The minimum Gasteiger partial charge on any atom is -0.372 e. The number of sulfonamides is 1. The number of benzene rings is 2. The van der Waals surface area contributed by atoms with Gasteiger partial charge < -0.3 is 10.2 Å². The predicted molar refractivity (Wildman–Crippen MR) is 117 cm³/mol. The lowest BCUT2D eigenvalue weighted by Gasteiger charge is -2.17. The molecule has 0 radical (unpaired) electrons. The summed E-state index contributed by atoms with van der Waals surface area (Å²) in [7, 11) is -3.58. The van der Waals surface area contributed by atoms with Crippen molar-refractivity contribution in [1.29, 1.82) is 0 Å². The van der Waals surface area contributed by atoms with E-state index in [1.807, 2.05) is 6.92 Å². The number of hydrogen-bond acceptors (Lipinski definition) is 4. The SMILES string of the molecule is CCCC(=O)Nc1ccc(S(=O)(=O)NCCc2ccc(N3CCCC3)cc2)cc1. The van der Waals surface area contributed by atoms with Crippen LogP contribution in [0.4, 0.5) is 11.4 Å². The van der Waals surface area contributed by atoms with Gasteiger partial charge in [0, 0.05) is 37.4 Å². The Kier molecular flexibility index (Phi) is 7.28. The van der Waals surface area contributed by atoms with Gasteiger partial charge in [-0.05, 0) is 67.6 Å². The zero-order valence-corrected chi connectivity index (χ0v) is 17.7. The van der Waals surface area contributed by atoms with E-state index in [2.05, 4.69) is 39.2 Å². The van der Waals surface area contributed by atoms with E-state index in [0.717, 1.165) is 25.1 Å². The summed E-state index contributed by atoms with van der Waals surface area (Å²) in [6, 6.07) is 14.6. The van der Waals surface area contributed by atoms with E-state index in [4.69, 9.17) is 0 Å². The molecule has 29 heavy (non-hydrogen) atoms. The summed E-state index contributed by atoms with van der Waals surface area (Å²) in [5.74, 6) is -0.0722. The molecule has 6 nitrogen and oxygen atoms in total. The Morgan fingerprint density at radius 3 is 2.28 bits per heavy atom. The van der Waals surface area contributed by atoms with Crippen molar-refractivity contribution >= 4 is 27.3 Å². The molecule has 2 aromatic rings. The van der Waals surface area contributed by atoms with E-state index >= 15 is 0 Å². The molecule has 156 valence electrons. The minimum atomic E-state index is -3.58. The number of nitrogens with zero attached hydrogens (tertiary/aromatic N) is 1. The van der Waals surface area contributed by atoms with Crippen molar-refractivity contribution in [3.63, 3.8) is 0 Å². The highest BCUT2D eigenvalue weighted by atomic mass is 32.2. The second kappa shape index (κ2) is 9.89. The van der Waals surface area contributed by atoms with Crippen LogP contribution in [-0.4, -0.2) is 34.0 Å². The van der Waals surface area contributed by atoms with Crippen molar-refractivity contribution in [3.05, 3.63) is 54.1 Å². The van der Waals surface area contributed by atoms with Gasteiger partial charge >= 0.3 is 0 Å². The van der Waals surface area contributed by atoms with Crippen LogP contribution in [0.3, 0.4) is 0 Å². The fraction of sp³-hybridized carbons (Fsp3) is 0.409. The van der Waals surface area contributed by atoms with Crippen LogP contribution in [0.15, 0.2) is 53.4 Å². The van der Waals surface area contributed by atoms with Crippen LogP contribution >= 0.6 is 0 Å². The molecule has 0 spiro atoms. The first kappa shape index (κ1) is 21.3. The number of rotatable bonds is 9. The van der Waals surface area contributed by atoms with Crippen molar-refractivity contribution in [3.8, 4) is 0 Å². The third-order valence-electron chi connectivity index (χ3n) is 5.04. The van der Waals surface area contributed by atoms with E-state index in [-0.39, 0.29) is 10.8 Å². The number of hydrogen-bond donors (Lipinski definition) is 2. The van der Waals surface area contributed by atoms with Gasteiger partial charge in [0.1, 0.15) is 0 Å². The van der Waals surface area contributed by atoms with Gasteiger partial charge in [-0.25, -0.2) is 13.1 Å². The van der Waals surface area contributed by atoms with Gasteiger partial charge in [-0.15, -0.1) is 0 Å². The lowest BCUT2D eigenvalue weighted by atomic mass is 10.1. The third kappa shape index (κ3) is 6.05. The molecule has 1 heterocycles. The fourth-order valence-electron chi connectivity index (χ4n) is 3.43. The Bertz CT molecular complexity index is 903. The van der Waals surface area contributed by atoms with Crippen molar-refractivity contribution in [2.45, 2.75) is 43.9 Å². The predicted octanol–water partition coefficient (Wildman–Crippen LogP) is 3.55. The second-order valence-corrected chi connectivity index (χ2v) is 9.10. The van der Waals surface area contributed by atoms with E-state index in [1.54, 1.807) is 12.1 Å². The highest BCUT2D eigenvalue weighted by molar-refractivity contribution is 7.89. The summed E-state index contributed by atoms with van der Waals surface area (Å²) < 4.78 is 27.6. The normalized spacial score (nSPS) is 14.2. The summed E-state index contributed by atoms with van der Waals surface area (Å²) in [6.07, 6.45) is 4.33. The summed E-state index contributed by atoms with van der Waals surface area (Å²) in [4.78, 5) is 14.2. The van der Waals surface area contributed by atoms with E-state index in [0.29, 0.717) is 25.1 Å². The molecule has 2 aromatic carbocycles. The third-order valence-corrected chi connectivity index (χ3v) is 6.52. The average molecular weight is 416 g/mol. The monoisotopic (exact) mass is 415 g/mol. The maximum absolute atomic E-state index is 12.5. The quantitative estimate of drug-likeness (QED) is 0.657. The number of carbonyl (C=O) groups is 1. The summed E-state index contributed by atoms with van der Waals surface area (Å²) in [5, 5.41) is 2.75. The first-order chi connectivity index (χ1) is 14.0. The van der Waals surface area contributed by atoms with Crippen LogP contribution in [-0.2, 0) is 21.2 Å². The van der Waals surface area contributed by atoms with E-state index in [1.165, 1.54) is 30.7 Å². The minimum absolute atomic E-state index is 0.0722. The van der Waals surface area contributed by atoms with Crippen molar-refractivity contribution in [2.24, 2.45) is 0 Å². The molecule has 0 aliphatic carbocycles. The maximum atomic E-state index is 12.5. The summed E-state index contributed by atoms with van der Waals surface area (Å²) in [6.45, 7) is 4.49. The van der Waals surface area contributed by atoms with Gasteiger partial charge in [-0.2, -0.15) is 0 Å². The molecular weight excluding hydrogens is 386 g/mol. The van der Waals surface area contributed by atoms with Gasteiger partial charge in [0.25, 0.3) is 0 Å². The molecule has 1 saturated heterocycles. The number of nitrogens with one attached hydrogen (secondary N) is 2. The van der Waals surface area contributed by atoms with E-state index in [9.17, 15) is 13.2 Å². The zero-order chi connectivity index (χ0) is 20.7. The molecule has 1 aliphatic heterocycles. The van der Waals surface area contributed by atoms with Crippen LogP contribution in [0.5, 0.6) is 0 Å². The highest BCUT2D eigenvalue weighted by Crippen LogP contribution is 2.20. The Balaban J connectivity index is 1.51. The number of carbonyl (C=O) groups excluding carboxylic acids is 1. The van der Waals surface area contributed by atoms with Gasteiger partial charge in [-0.3, -0.25) is 4.79 Å². The fourth-order valence-corrected chi connectivity index (χ4v) is 4.46. The molecule has 0 aromatic heterocycles. The second-order valence-electron chi connectivity index (χ2n) is 7.33. The first-order valence-electron chi connectivity index (χ1n) is 10.2. The highest BCUT2D eigenvalue weighted by Gasteiger charge is 2.14. The van der Waals surface area contributed by atoms with Crippen LogP contribution in [0.25, 0.3) is 0 Å². The molecule has 0 saturated carbocycles. The molecular formula is C22H29N3O3S. The summed E-state index contributed by atoms with van der Waals surface area (Å²) >= 11 is 0. The molecule has 0 unspecified atom stereocenters. The summed E-state index contributed by atoms with van der Waals surface area (Å²) in [5.41, 5.74) is 2.93. The van der Waals surface area contributed by atoms with Crippen molar-refractivity contribution in [2.75, 3.05) is 29.9 Å². The van der Waals surface area contributed by atoms with Gasteiger partial charge in [0.15, 0.2) is 0 Å². The van der Waals surface area contributed by atoms with Crippen LogP contribution < -0.4 is 14.9 Å². The first-order valence-corrected chi connectivity index (χ1v) is 11.7. The molecule has 7 heteroatoms. The number of amides is 1. The van der Waals surface area contributed by atoms with Gasteiger partial charge in [0.05, 0.1) is 4.90 Å². The van der Waals surface area contributed by atoms with Crippen LogP contribution in [0, 0.1) is 0 Å². The largest absolute Gasteiger partial charge is 0.372 e. The molecule has 1 fully saturated rings. The molecule has 1 aliphatic rings.